The molecule has 3 aliphatic heterocycles. The Morgan fingerprint density at radius 1 is 0.800 bits per heavy atom. The molecule has 0 radical (unpaired) electrons. The zero-order chi connectivity index (χ0) is 34.8. The van der Waals surface area contributed by atoms with Crippen LogP contribution in [0.1, 0.15) is 49.3 Å². The highest BCUT2D eigenvalue weighted by Crippen LogP contribution is 2.43. The summed E-state index contributed by atoms with van der Waals surface area (Å²) >= 11 is 14.3. The van der Waals surface area contributed by atoms with Crippen molar-refractivity contribution in [1.29, 1.82) is 0 Å². The quantitative estimate of drug-likeness (QED) is 0.152. The summed E-state index contributed by atoms with van der Waals surface area (Å²) in [5, 5.41) is 14.2. The Morgan fingerprint density at radius 2 is 1.40 bits per heavy atom. The van der Waals surface area contributed by atoms with Gasteiger partial charge in [-0.15, -0.1) is 0 Å². The number of fused-ring (bicyclic) bond motifs is 1. The van der Waals surface area contributed by atoms with Gasteiger partial charge in [-0.25, -0.2) is 9.97 Å². The highest BCUT2D eigenvalue weighted by Gasteiger charge is 2.28. The molecule has 2 amide bonds. The number of carbonyl (C=O) groups is 2. The molecule has 2 fully saturated rings. The first-order valence-corrected chi connectivity index (χ1v) is 17.9. The number of carbonyl (C=O) groups excluding carboxylic acids is 2. The van der Waals surface area contributed by atoms with Crippen molar-refractivity contribution in [3.05, 3.63) is 81.8 Å². The third-order valence-electron chi connectivity index (χ3n) is 9.85. The molecule has 2 saturated heterocycles. The largest absolute Gasteiger partial charge is 0.481 e. The summed E-state index contributed by atoms with van der Waals surface area (Å²) in [6.07, 6.45) is 3.83. The molecule has 5 heterocycles. The van der Waals surface area contributed by atoms with Crippen LogP contribution in [0, 0.1) is 0 Å². The molecule has 0 bridgehead atoms. The maximum atomic E-state index is 11.7. The smallest absolute Gasteiger partial charge is 0.220 e. The number of ether oxygens (including phenoxy) is 1. The number of anilines is 1. The van der Waals surface area contributed by atoms with Gasteiger partial charge in [0.2, 0.25) is 17.7 Å². The fraction of sp³-hybridized carbons (Fsp3) is 0.368. The van der Waals surface area contributed by atoms with Crippen LogP contribution in [0.4, 0.5) is 5.82 Å². The predicted octanol–water partition coefficient (Wildman–Crippen LogP) is 5.91. The Bertz CT molecular complexity index is 1920. The number of benzene rings is 2. The van der Waals surface area contributed by atoms with Crippen LogP contribution in [0.2, 0.25) is 10.0 Å². The van der Waals surface area contributed by atoms with Crippen molar-refractivity contribution in [2.45, 2.75) is 56.8 Å². The lowest BCUT2D eigenvalue weighted by atomic mass is 9.96. The minimum atomic E-state index is 0.103. The van der Waals surface area contributed by atoms with Crippen LogP contribution in [0.15, 0.2) is 60.7 Å². The Balaban J connectivity index is 1.12. The van der Waals surface area contributed by atoms with Gasteiger partial charge >= 0.3 is 0 Å². The van der Waals surface area contributed by atoms with E-state index >= 15 is 0 Å². The minimum Gasteiger partial charge on any atom is -0.481 e. The standard InChI is InChI=1S/C38H41Cl2N7O3/c1-47-18-17-30(42-21-24-11-16-34(49)44-24)29-12-14-31(45-37(29)47)27-7-3-5-25(35(27)39)26-6-4-8-28(36(26)40)32-13-9-22(38(46-32)50-2)19-41-20-23-10-15-33(48)43-23/h3-9,12-14,23-24,30,41-42H,10-11,15-21H2,1-2H3,(H,43,48)(H,44,49)/t23-,24+,30-/m0/s1. The third-order valence-corrected chi connectivity index (χ3v) is 10.7. The summed E-state index contributed by atoms with van der Waals surface area (Å²) in [5.41, 5.74) is 6.70. The zero-order valence-corrected chi connectivity index (χ0v) is 29.7. The molecule has 4 N–H and O–H groups in total. The first kappa shape index (κ1) is 34.2. The number of hydrogen-bond acceptors (Lipinski definition) is 8. The van der Waals surface area contributed by atoms with Gasteiger partial charge in [-0.05, 0) is 31.4 Å². The fourth-order valence-electron chi connectivity index (χ4n) is 7.12. The van der Waals surface area contributed by atoms with Crippen LogP contribution in [-0.2, 0) is 16.1 Å². The first-order valence-electron chi connectivity index (χ1n) is 17.2. The van der Waals surface area contributed by atoms with E-state index in [4.69, 9.17) is 37.9 Å². The molecule has 3 aliphatic rings. The lowest BCUT2D eigenvalue weighted by Crippen LogP contribution is -2.40. The van der Waals surface area contributed by atoms with E-state index in [2.05, 4.69) is 39.3 Å². The van der Waals surface area contributed by atoms with Crippen molar-refractivity contribution in [2.75, 3.05) is 38.7 Å². The van der Waals surface area contributed by atoms with Crippen LogP contribution < -0.4 is 30.9 Å². The molecule has 0 saturated carbocycles. The molecular weight excluding hydrogens is 673 g/mol. The van der Waals surface area contributed by atoms with E-state index in [1.54, 1.807) is 7.11 Å². The van der Waals surface area contributed by atoms with E-state index < -0.39 is 0 Å². The number of nitrogens with zero attached hydrogens (tertiary/aromatic N) is 3. The molecule has 2 aromatic heterocycles. The lowest BCUT2D eigenvalue weighted by molar-refractivity contribution is -0.120. The maximum Gasteiger partial charge on any atom is 0.220 e. The van der Waals surface area contributed by atoms with Gasteiger partial charge in [-0.3, -0.25) is 9.59 Å². The van der Waals surface area contributed by atoms with Gasteiger partial charge in [0.1, 0.15) is 5.82 Å². The summed E-state index contributed by atoms with van der Waals surface area (Å²) < 4.78 is 5.67. The second-order valence-corrected chi connectivity index (χ2v) is 14.0. The SMILES string of the molecule is COc1nc(-c2cccc(-c3cccc(-c4ccc5c(n4)N(C)CC[C@@H]5NC[C@H]4CCC(=O)N4)c3Cl)c2Cl)ccc1CNC[C@@H]1CCC(=O)N1. The predicted molar refractivity (Wildman–Crippen MR) is 198 cm³/mol. The molecule has 0 aliphatic carbocycles. The second-order valence-electron chi connectivity index (χ2n) is 13.2. The second kappa shape index (κ2) is 14.9. The molecule has 10 nitrogen and oxygen atoms in total. The summed E-state index contributed by atoms with van der Waals surface area (Å²) in [7, 11) is 3.67. The van der Waals surface area contributed by atoms with Crippen LogP contribution >= 0.6 is 23.2 Å². The minimum absolute atomic E-state index is 0.103. The molecule has 50 heavy (non-hydrogen) atoms. The number of halogens is 2. The van der Waals surface area contributed by atoms with E-state index in [9.17, 15) is 9.59 Å². The number of hydrogen-bond donors (Lipinski definition) is 4. The van der Waals surface area contributed by atoms with E-state index in [0.717, 1.165) is 77.2 Å². The van der Waals surface area contributed by atoms with Crippen molar-refractivity contribution in [1.82, 2.24) is 31.2 Å². The fourth-order valence-corrected chi connectivity index (χ4v) is 7.76. The number of methoxy groups -OCH3 is 1. The molecular formula is C38H41Cl2N7O3. The zero-order valence-electron chi connectivity index (χ0n) is 28.2. The van der Waals surface area contributed by atoms with Crippen molar-refractivity contribution >= 4 is 40.8 Å². The molecule has 0 unspecified atom stereocenters. The molecule has 4 aromatic rings. The number of amides is 2. The van der Waals surface area contributed by atoms with Crippen molar-refractivity contribution in [3.8, 4) is 39.5 Å². The van der Waals surface area contributed by atoms with Gasteiger partial charge in [-0.2, -0.15) is 0 Å². The number of aromatic nitrogens is 2. The Kier molecular flexibility index (Phi) is 10.2. The molecule has 2 aromatic carbocycles. The summed E-state index contributed by atoms with van der Waals surface area (Å²) in [4.78, 5) is 35.3. The van der Waals surface area contributed by atoms with E-state index in [0.29, 0.717) is 47.6 Å². The van der Waals surface area contributed by atoms with Gasteiger partial charge in [0.05, 0.1) is 28.5 Å². The molecule has 7 rings (SSSR count). The van der Waals surface area contributed by atoms with Crippen LogP contribution in [-0.4, -0.2) is 67.7 Å². The van der Waals surface area contributed by atoms with Crippen molar-refractivity contribution < 1.29 is 14.3 Å². The van der Waals surface area contributed by atoms with E-state index in [-0.39, 0.29) is 29.9 Å². The van der Waals surface area contributed by atoms with Gasteiger partial charge in [0.15, 0.2) is 0 Å². The average molecular weight is 715 g/mol. The first-order chi connectivity index (χ1) is 24.3. The highest BCUT2D eigenvalue weighted by molar-refractivity contribution is 6.39. The van der Waals surface area contributed by atoms with Gasteiger partial charge in [0, 0.05) is 97.6 Å². The summed E-state index contributed by atoms with van der Waals surface area (Å²) in [6, 6.07) is 20.4. The Hall–Kier alpha value is -4.22. The van der Waals surface area contributed by atoms with Crippen molar-refractivity contribution in [2.24, 2.45) is 0 Å². The van der Waals surface area contributed by atoms with Gasteiger partial charge < -0.3 is 30.9 Å². The normalized spacial score (nSPS) is 20.1. The van der Waals surface area contributed by atoms with Crippen molar-refractivity contribution in [3.63, 3.8) is 0 Å². The summed E-state index contributed by atoms with van der Waals surface area (Å²) in [5.74, 6) is 1.67. The van der Waals surface area contributed by atoms with Gasteiger partial charge in [-0.1, -0.05) is 71.7 Å². The Labute approximate surface area is 302 Å². The van der Waals surface area contributed by atoms with Gasteiger partial charge in [0.25, 0.3) is 0 Å². The van der Waals surface area contributed by atoms with E-state index in [1.165, 1.54) is 0 Å². The molecule has 3 atom stereocenters. The number of rotatable bonds is 11. The average Bonchev–Trinajstić information content (AvgIpc) is 3.75. The number of nitrogens with one attached hydrogen (secondary N) is 4. The summed E-state index contributed by atoms with van der Waals surface area (Å²) in [6.45, 7) is 2.84. The van der Waals surface area contributed by atoms with E-state index in [1.807, 2.05) is 54.6 Å². The lowest BCUT2D eigenvalue weighted by Gasteiger charge is -2.33. The molecule has 12 heteroatoms. The van der Waals surface area contributed by atoms with Crippen LogP contribution in [0.5, 0.6) is 5.88 Å². The number of pyridine rings is 2. The topological polar surface area (TPSA) is 121 Å². The highest BCUT2D eigenvalue weighted by atomic mass is 35.5. The monoisotopic (exact) mass is 713 g/mol. The maximum absolute atomic E-state index is 11.7. The van der Waals surface area contributed by atoms with Crippen LogP contribution in [0.25, 0.3) is 33.6 Å². The third kappa shape index (κ3) is 7.16. The Morgan fingerprint density at radius 3 is 2.02 bits per heavy atom. The van der Waals surface area contributed by atoms with Crippen LogP contribution in [0.3, 0.4) is 0 Å². The molecule has 260 valence electrons. The molecule has 0 spiro atoms.